The van der Waals surface area contributed by atoms with Crippen molar-refractivity contribution in [2.24, 2.45) is 0 Å². The molecule has 2 heterocycles. The lowest BCUT2D eigenvalue weighted by Crippen LogP contribution is -2.30. The second-order valence-corrected chi connectivity index (χ2v) is 16.5. The fourth-order valence-electron chi connectivity index (χ4n) is 3.92. The van der Waals surface area contributed by atoms with Gasteiger partial charge in [-0.25, -0.2) is 32.3 Å². The second kappa shape index (κ2) is 12.0. The quantitative estimate of drug-likeness (QED) is 0.174. The number of carboxylic acid groups (broad SMARTS) is 1. The predicted molar refractivity (Wildman–Crippen MR) is 149 cm³/mol. The molecule has 0 saturated heterocycles. The van der Waals surface area contributed by atoms with Gasteiger partial charge in [-0.2, -0.15) is 0 Å². The average Bonchev–Trinajstić information content (AvgIpc) is 3.46. The van der Waals surface area contributed by atoms with Crippen LogP contribution in [0.15, 0.2) is 33.6 Å². The third-order valence-corrected chi connectivity index (χ3v) is 8.19. The fourth-order valence-corrected chi connectivity index (χ4v) is 4.85. The zero-order valence-corrected chi connectivity index (χ0v) is 24.4. The maximum atomic E-state index is 15.1. The molecule has 0 fully saturated rings. The highest BCUT2D eigenvalue weighted by atomic mass is 35.5. The minimum atomic E-state index is -1.46. The fraction of sp³-hybridized carbons (Fsp3) is 0.360. The summed E-state index contributed by atoms with van der Waals surface area (Å²) in [7, 11) is -0.0758. The summed E-state index contributed by atoms with van der Waals surface area (Å²) in [5.74, 6) is -4.38. The van der Waals surface area contributed by atoms with Gasteiger partial charge in [0.15, 0.2) is 17.5 Å². The highest BCUT2D eigenvalue weighted by Crippen LogP contribution is 2.34. The summed E-state index contributed by atoms with van der Waals surface area (Å²) in [6, 6.07) is 5.13. The Labute approximate surface area is 238 Å². The molecule has 0 atom stereocenters. The van der Waals surface area contributed by atoms with E-state index in [0.717, 1.165) is 27.6 Å². The van der Waals surface area contributed by atoms with Crippen molar-refractivity contribution in [2.75, 3.05) is 32.1 Å². The Bertz CT molecular complexity index is 1650. The summed E-state index contributed by atoms with van der Waals surface area (Å²) in [5.41, 5.74) is -0.353. The number of aromatic nitrogens is 4. The number of halogens is 4. The zero-order valence-electron chi connectivity index (χ0n) is 22.7. The normalized spacial score (nSPS) is 11.8. The molecule has 0 spiro atoms. The summed E-state index contributed by atoms with van der Waals surface area (Å²) < 4.78 is 57.0. The molecule has 4 aromatic rings. The lowest BCUT2D eigenvalue weighted by atomic mass is 10.1. The van der Waals surface area contributed by atoms with Crippen LogP contribution in [0.2, 0.25) is 30.7 Å². The molecule has 2 aromatic carbocycles. The second-order valence-electron chi connectivity index (χ2n) is 10.5. The number of amides is 1. The molecule has 0 radical (unpaired) electrons. The number of anilines is 1. The lowest BCUT2D eigenvalue weighted by Gasteiger charge is -2.18. The van der Waals surface area contributed by atoms with Gasteiger partial charge in [-0.1, -0.05) is 36.4 Å². The summed E-state index contributed by atoms with van der Waals surface area (Å²) in [6.07, 6.45) is -1.14. The van der Waals surface area contributed by atoms with Gasteiger partial charge in [-0.3, -0.25) is 9.09 Å². The van der Waals surface area contributed by atoms with E-state index in [4.69, 9.17) is 26.0 Å². The van der Waals surface area contributed by atoms with Gasteiger partial charge in [-0.15, -0.1) is 0 Å². The molecular formula is C25H28ClF3N6O5Si. The molecule has 2 N–H and O–H groups in total. The third-order valence-electron chi connectivity index (χ3n) is 6.19. The monoisotopic (exact) mass is 612 g/mol. The van der Waals surface area contributed by atoms with E-state index in [-0.39, 0.29) is 58.9 Å². The van der Waals surface area contributed by atoms with Crippen molar-refractivity contribution in [3.63, 3.8) is 0 Å². The number of imidazole rings is 1. The smallest absolute Gasteiger partial charge is 0.446 e. The first-order valence-electron chi connectivity index (χ1n) is 12.5. The number of carbonyl (C=O) groups is 1. The number of rotatable bonds is 11. The van der Waals surface area contributed by atoms with Gasteiger partial charge in [-0.05, 0) is 30.3 Å². The molecule has 0 aliphatic carbocycles. The van der Waals surface area contributed by atoms with E-state index in [9.17, 15) is 18.4 Å². The number of nitrogens with one attached hydrogen (secondary N) is 1. The van der Waals surface area contributed by atoms with Crippen LogP contribution >= 0.6 is 11.6 Å². The van der Waals surface area contributed by atoms with Crippen molar-refractivity contribution in [3.8, 4) is 17.1 Å². The molecule has 0 bridgehead atoms. The largest absolute Gasteiger partial charge is 0.465 e. The Morgan fingerprint density at radius 2 is 1.95 bits per heavy atom. The number of likely N-dealkylation sites (N-methyl/N-ethyl adjacent to an activating group) is 1. The zero-order chi connectivity index (χ0) is 30.1. The summed E-state index contributed by atoms with van der Waals surface area (Å²) in [6.45, 7) is 6.93. The Morgan fingerprint density at radius 3 is 2.61 bits per heavy atom. The summed E-state index contributed by atoms with van der Waals surface area (Å²) >= 11 is 5.92. The van der Waals surface area contributed by atoms with Gasteiger partial charge in [0.1, 0.15) is 18.1 Å². The van der Waals surface area contributed by atoms with Crippen molar-refractivity contribution in [1.29, 1.82) is 0 Å². The summed E-state index contributed by atoms with van der Waals surface area (Å²) in [4.78, 5) is 29.1. The van der Waals surface area contributed by atoms with Crippen molar-refractivity contribution in [3.05, 3.63) is 57.3 Å². The molecule has 4 rings (SSSR count). The molecule has 41 heavy (non-hydrogen) atoms. The standard InChI is InChI=1S/C25H28ClF3N6O5Si/c1-33(24(36)37)8-7-30-23-31-20-19(29)18(28)12-15(21(20)34(23)13-39-9-10-41(2,3)4)22-32-40-25(38)35(22)14-5-6-17(27)16(26)11-14/h5-6,11-12H,7-10,13H2,1-4H3,(H,30,31)(H,36,37). The van der Waals surface area contributed by atoms with Gasteiger partial charge >= 0.3 is 11.8 Å². The molecule has 11 nitrogen and oxygen atoms in total. The first-order valence-corrected chi connectivity index (χ1v) is 16.6. The minimum absolute atomic E-state index is 0.0289. The average molecular weight is 613 g/mol. The lowest BCUT2D eigenvalue weighted by molar-refractivity contribution is 0.0911. The first-order chi connectivity index (χ1) is 19.3. The molecule has 0 saturated carbocycles. The van der Waals surface area contributed by atoms with Crippen LogP contribution in [0.5, 0.6) is 0 Å². The van der Waals surface area contributed by atoms with Gasteiger partial charge in [0.25, 0.3) is 0 Å². The first kappa shape index (κ1) is 30.1. The number of benzene rings is 2. The maximum absolute atomic E-state index is 15.1. The van der Waals surface area contributed by atoms with E-state index in [2.05, 4.69) is 35.1 Å². The number of nitrogens with zero attached hydrogens (tertiary/aromatic N) is 5. The molecule has 220 valence electrons. The van der Waals surface area contributed by atoms with E-state index < -0.39 is 37.4 Å². The number of hydrogen-bond donors (Lipinski definition) is 2. The van der Waals surface area contributed by atoms with Crippen LogP contribution < -0.4 is 11.1 Å². The molecule has 0 aliphatic rings. The van der Waals surface area contributed by atoms with Crippen LogP contribution in [0, 0.1) is 17.5 Å². The third kappa shape index (κ3) is 6.57. The molecule has 0 unspecified atom stereocenters. The van der Waals surface area contributed by atoms with E-state index >= 15 is 4.39 Å². The minimum Gasteiger partial charge on any atom is -0.465 e. The maximum Gasteiger partial charge on any atom is 0.446 e. The van der Waals surface area contributed by atoms with Crippen LogP contribution in [0.1, 0.15) is 0 Å². The topological polar surface area (TPSA) is 128 Å². The van der Waals surface area contributed by atoms with Gasteiger partial charge in [0.05, 0.1) is 21.8 Å². The van der Waals surface area contributed by atoms with Crippen LogP contribution in [-0.2, 0) is 11.5 Å². The van der Waals surface area contributed by atoms with Crippen LogP contribution in [-0.4, -0.2) is 70.2 Å². The molecular weight excluding hydrogens is 585 g/mol. The molecule has 1 amide bonds. The Kier molecular flexibility index (Phi) is 8.79. The van der Waals surface area contributed by atoms with Crippen molar-refractivity contribution in [2.45, 2.75) is 32.4 Å². The van der Waals surface area contributed by atoms with E-state index in [1.807, 2.05) is 0 Å². The number of hydrogen-bond acceptors (Lipinski definition) is 7. The molecule has 2 aromatic heterocycles. The van der Waals surface area contributed by atoms with Crippen molar-refractivity contribution in [1.82, 2.24) is 24.2 Å². The van der Waals surface area contributed by atoms with Gasteiger partial charge < -0.3 is 20.1 Å². The van der Waals surface area contributed by atoms with Gasteiger partial charge in [0.2, 0.25) is 5.95 Å². The van der Waals surface area contributed by atoms with E-state index in [1.165, 1.54) is 23.7 Å². The Morgan fingerprint density at radius 1 is 1.22 bits per heavy atom. The van der Waals surface area contributed by atoms with Crippen molar-refractivity contribution < 1.29 is 32.3 Å². The molecule has 16 heteroatoms. The number of fused-ring (bicyclic) bond motifs is 1. The SMILES string of the molecule is CN(CCNc1nc2c(F)c(F)cc(-c3noc(=O)n3-c3ccc(F)c(Cl)c3)c2n1COCC[Si](C)(C)C)C(=O)O. The highest BCUT2D eigenvalue weighted by molar-refractivity contribution is 6.76. The van der Waals surface area contributed by atoms with Crippen LogP contribution in [0.3, 0.4) is 0 Å². The van der Waals surface area contributed by atoms with E-state index in [0.29, 0.717) is 6.61 Å². The Balaban J connectivity index is 1.87. The van der Waals surface area contributed by atoms with Crippen LogP contribution in [0.25, 0.3) is 28.1 Å². The molecule has 0 aliphatic heterocycles. The van der Waals surface area contributed by atoms with Gasteiger partial charge in [0, 0.05) is 34.8 Å². The van der Waals surface area contributed by atoms with Crippen LogP contribution in [0.4, 0.5) is 23.9 Å². The number of ether oxygens (including phenoxy) is 1. The van der Waals surface area contributed by atoms with Crippen molar-refractivity contribution >= 4 is 42.7 Å². The predicted octanol–water partition coefficient (Wildman–Crippen LogP) is 5.25. The van der Waals surface area contributed by atoms with E-state index in [1.54, 1.807) is 0 Å². The summed E-state index contributed by atoms with van der Waals surface area (Å²) in [5, 5.41) is 15.6. The Hall–Kier alpha value is -3.82. The highest BCUT2D eigenvalue weighted by Gasteiger charge is 2.27.